The first-order valence-electron chi connectivity index (χ1n) is 9.89. The van der Waals surface area contributed by atoms with Crippen molar-refractivity contribution in [1.29, 1.82) is 0 Å². The van der Waals surface area contributed by atoms with Crippen LogP contribution in [0.1, 0.15) is 56.4 Å². The van der Waals surface area contributed by atoms with Crippen LogP contribution >= 0.6 is 0 Å². The predicted octanol–water partition coefficient (Wildman–Crippen LogP) is 2.67. The van der Waals surface area contributed by atoms with Gasteiger partial charge in [0.2, 0.25) is 5.91 Å². The second kappa shape index (κ2) is 7.03. The van der Waals surface area contributed by atoms with Crippen molar-refractivity contribution in [2.75, 3.05) is 6.54 Å². The van der Waals surface area contributed by atoms with E-state index in [1.165, 1.54) is 5.56 Å². The average molecular weight is 356 g/mol. The molecule has 5 nitrogen and oxygen atoms in total. The first kappa shape index (κ1) is 17.5. The summed E-state index contributed by atoms with van der Waals surface area (Å²) in [6.45, 7) is 0.761. The number of carboxylic acid groups (broad SMARTS) is 1. The molecule has 0 aromatic heterocycles. The minimum atomic E-state index is -0.699. The quantitative estimate of drug-likeness (QED) is 0.702. The van der Waals surface area contributed by atoms with E-state index < -0.39 is 5.97 Å². The summed E-state index contributed by atoms with van der Waals surface area (Å²) in [4.78, 5) is 23.8. The van der Waals surface area contributed by atoms with Gasteiger partial charge >= 0.3 is 5.97 Å². The molecule has 5 heteroatoms. The number of nitrogens with one attached hydrogen (secondary N) is 2. The fourth-order valence-corrected chi connectivity index (χ4v) is 4.27. The molecular formula is C21H28N2O3. The zero-order chi connectivity index (χ0) is 18.1. The van der Waals surface area contributed by atoms with Crippen LogP contribution in [0.5, 0.6) is 0 Å². The first-order chi connectivity index (χ1) is 12.6. The van der Waals surface area contributed by atoms with Crippen LogP contribution in [-0.2, 0) is 9.59 Å². The van der Waals surface area contributed by atoms with Crippen LogP contribution in [0.15, 0.2) is 30.3 Å². The molecule has 26 heavy (non-hydrogen) atoms. The Bertz CT molecular complexity index is 663. The number of carbonyl (C=O) groups is 2. The molecule has 3 N–H and O–H groups in total. The van der Waals surface area contributed by atoms with Crippen molar-refractivity contribution >= 4 is 11.9 Å². The molecule has 2 atom stereocenters. The number of benzene rings is 1. The van der Waals surface area contributed by atoms with Crippen LogP contribution in [0.4, 0.5) is 0 Å². The first-order valence-corrected chi connectivity index (χ1v) is 9.89. The Labute approximate surface area is 154 Å². The molecule has 1 unspecified atom stereocenters. The smallest absolute Gasteiger partial charge is 0.306 e. The monoisotopic (exact) mass is 356 g/mol. The zero-order valence-corrected chi connectivity index (χ0v) is 15.1. The minimum absolute atomic E-state index is 0.147. The molecule has 0 radical (unpaired) electrons. The number of carbonyl (C=O) groups excluding carboxylic acids is 1. The fourth-order valence-electron chi connectivity index (χ4n) is 4.27. The van der Waals surface area contributed by atoms with Gasteiger partial charge in [-0.3, -0.25) is 9.59 Å². The lowest BCUT2D eigenvalue weighted by Crippen LogP contribution is -2.45. The highest BCUT2D eigenvalue weighted by Gasteiger charge is 2.51. The lowest BCUT2D eigenvalue weighted by molar-refractivity contribution is -0.142. The van der Waals surface area contributed by atoms with E-state index in [-0.39, 0.29) is 23.3 Å². The maximum Gasteiger partial charge on any atom is 0.306 e. The van der Waals surface area contributed by atoms with Crippen molar-refractivity contribution in [3.63, 3.8) is 0 Å². The van der Waals surface area contributed by atoms with E-state index in [9.17, 15) is 9.59 Å². The van der Waals surface area contributed by atoms with E-state index in [4.69, 9.17) is 5.11 Å². The molecule has 3 saturated carbocycles. The van der Waals surface area contributed by atoms with Crippen LogP contribution in [-0.4, -0.2) is 35.6 Å². The SMILES string of the molecule is O=C(O)C1CCC(NC(=O)C2(CN[C@H]3CC3c3ccccc3)CC2)CC1. The summed E-state index contributed by atoms with van der Waals surface area (Å²) in [5.74, 6) is -0.179. The Morgan fingerprint density at radius 3 is 2.38 bits per heavy atom. The lowest BCUT2D eigenvalue weighted by Gasteiger charge is -2.28. The average Bonchev–Trinajstić information content (AvgIpc) is 3.56. The molecule has 4 rings (SSSR count). The van der Waals surface area contributed by atoms with E-state index in [1.54, 1.807) is 0 Å². The van der Waals surface area contributed by atoms with Crippen LogP contribution in [0, 0.1) is 11.3 Å². The van der Waals surface area contributed by atoms with Gasteiger partial charge in [-0.05, 0) is 50.5 Å². The fraction of sp³-hybridized carbons (Fsp3) is 0.619. The van der Waals surface area contributed by atoms with E-state index in [1.807, 2.05) is 6.07 Å². The largest absolute Gasteiger partial charge is 0.481 e. The second-order valence-corrected chi connectivity index (χ2v) is 8.38. The lowest BCUT2D eigenvalue weighted by atomic mass is 9.86. The van der Waals surface area contributed by atoms with Crippen LogP contribution in [0.3, 0.4) is 0 Å². The van der Waals surface area contributed by atoms with E-state index in [2.05, 4.69) is 34.9 Å². The van der Waals surface area contributed by atoms with Gasteiger partial charge in [0.1, 0.15) is 0 Å². The summed E-state index contributed by atoms with van der Waals surface area (Å²) >= 11 is 0. The topological polar surface area (TPSA) is 78.4 Å². The summed E-state index contributed by atoms with van der Waals surface area (Å²) in [6.07, 6.45) is 5.98. The third kappa shape index (κ3) is 3.78. The van der Waals surface area contributed by atoms with Gasteiger partial charge in [0.25, 0.3) is 0 Å². The number of carboxylic acids is 1. The van der Waals surface area contributed by atoms with E-state index in [0.717, 1.165) is 38.6 Å². The van der Waals surface area contributed by atoms with Gasteiger partial charge in [-0.2, -0.15) is 0 Å². The Balaban J connectivity index is 1.22. The Kier molecular flexibility index (Phi) is 4.74. The van der Waals surface area contributed by atoms with Crippen molar-refractivity contribution < 1.29 is 14.7 Å². The van der Waals surface area contributed by atoms with E-state index in [0.29, 0.717) is 24.8 Å². The van der Waals surface area contributed by atoms with Gasteiger partial charge in [0, 0.05) is 24.5 Å². The molecule has 140 valence electrons. The Morgan fingerprint density at radius 1 is 1.08 bits per heavy atom. The molecule has 3 aliphatic rings. The molecule has 3 fully saturated rings. The van der Waals surface area contributed by atoms with Gasteiger partial charge in [0.05, 0.1) is 11.3 Å². The van der Waals surface area contributed by atoms with Crippen LogP contribution < -0.4 is 10.6 Å². The van der Waals surface area contributed by atoms with E-state index >= 15 is 0 Å². The number of rotatable bonds is 7. The highest BCUT2D eigenvalue weighted by molar-refractivity contribution is 5.85. The number of aliphatic carboxylic acids is 1. The molecule has 0 bridgehead atoms. The Hall–Kier alpha value is -1.88. The number of hydrogen-bond donors (Lipinski definition) is 3. The summed E-state index contributed by atoms with van der Waals surface area (Å²) in [7, 11) is 0. The highest BCUT2D eigenvalue weighted by Crippen LogP contribution is 2.47. The van der Waals surface area contributed by atoms with Crippen molar-refractivity contribution in [3.8, 4) is 0 Å². The van der Waals surface area contributed by atoms with Gasteiger partial charge in [-0.25, -0.2) is 0 Å². The maximum absolute atomic E-state index is 12.7. The molecule has 1 aromatic rings. The van der Waals surface area contributed by atoms with Crippen molar-refractivity contribution in [1.82, 2.24) is 10.6 Å². The van der Waals surface area contributed by atoms with Gasteiger partial charge in [0.15, 0.2) is 0 Å². The summed E-state index contributed by atoms with van der Waals surface area (Å²) in [5, 5.41) is 15.9. The van der Waals surface area contributed by atoms with Gasteiger partial charge in [-0.15, -0.1) is 0 Å². The molecule has 3 aliphatic carbocycles. The molecule has 0 heterocycles. The van der Waals surface area contributed by atoms with Gasteiger partial charge in [-0.1, -0.05) is 30.3 Å². The van der Waals surface area contributed by atoms with Crippen molar-refractivity contribution in [3.05, 3.63) is 35.9 Å². The second-order valence-electron chi connectivity index (χ2n) is 8.38. The third-order valence-electron chi connectivity index (χ3n) is 6.47. The summed E-state index contributed by atoms with van der Waals surface area (Å²) in [6, 6.07) is 11.2. The summed E-state index contributed by atoms with van der Waals surface area (Å²) < 4.78 is 0. The molecule has 1 amide bonds. The Morgan fingerprint density at radius 2 is 1.77 bits per heavy atom. The number of amides is 1. The summed E-state index contributed by atoms with van der Waals surface area (Å²) in [5.41, 5.74) is 1.16. The van der Waals surface area contributed by atoms with Crippen LogP contribution in [0.2, 0.25) is 0 Å². The highest BCUT2D eigenvalue weighted by atomic mass is 16.4. The van der Waals surface area contributed by atoms with Crippen LogP contribution in [0.25, 0.3) is 0 Å². The molecule has 0 aliphatic heterocycles. The molecule has 0 saturated heterocycles. The standard InChI is InChI=1S/C21H28N2O3/c24-19(25)15-6-8-16(9-7-15)23-20(26)21(10-11-21)13-22-18-12-17(18)14-4-2-1-3-5-14/h1-5,15-18,22H,6-13H2,(H,23,26)(H,24,25)/t15?,16?,17?,18-/m0/s1. The van der Waals surface area contributed by atoms with Gasteiger partial charge < -0.3 is 15.7 Å². The zero-order valence-electron chi connectivity index (χ0n) is 15.1. The number of hydrogen-bond acceptors (Lipinski definition) is 3. The maximum atomic E-state index is 12.7. The molecule has 1 aromatic carbocycles. The molecular weight excluding hydrogens is 328 g/mol. The van der Waals surface area contributed by atoms with Crippen molar-refractivity contribution in [2.24, 2.45) is 11.3 Å². The normalized spacial score (nSPS) is 31.8. The predicted molar refractivity (Wildman–Crippen MR) is 98.8 cm³/mol. The molecule has 0 spiro atoms. The third-order valence-corrected chi connectivity index (χ3v) is 6.47. The van der Waals surface area contributed by atoms with Crippen molar-refractivity contribution in [2.45, 2.75) is 62.9 Å². The minimum Gasteiger partial charge on any atom is -0.481 e.